The molecule has 6 nitrogen and oxygen atoms in total. The number of carbonyl (C=O) groups is 3. The average Bonchev–Trinajstić information content (AvgIpc) is 3.04. The molecule has 2 aromatic carbocycles. The van der Waals surface area contributed by atoms with E-state index in [1.807, 2.05) is 63.2 Å². The second kappa shape index (κ2) is 8.25. The van der Waals surface area contributed by atoms with Crippen molar-refractivity contribution in [1.29, 1.82) is 0 Å². The fourth-order valence-electron chi connectivity index (χ4n) is 3.23. The molecule has 0 saturated carbocycles. The summed E-state index contributed by atoms with van der Waals surface area (Å²) in [5.41, 5.74) is 4.59. The Kier molecular flexibility index (Phi) is 5.78. The minimum absolute atomic E-state index is 0.0887. The van der Waals surface area contributed by atoms with Crippen LogP contribution in [0.1, 0.15) is 23.1 Å². The van der Waals surface area contributed by atoms with Crippen LogP contribution in [0.5, 0.6) is 0 Å². The summed E-state index contributed by atoms with van der Waals surface area (Å²) in [6.07, 6.45) is 0.0887. The van der Waals surface area contributed by atoms with Gasteiger partial charge in [0, 0.05) is 24.3 Å². The summed E-state index contributed by atoms with van der Waals surface area (Å²) in [6, 6.07) is 13.2. The Hall–Kier alpha value is -3.15. The van der Waals surface area contributed by atoms with E-state index in [1.165, 1.54) is 0 Å². The molecular weight excluding hydrogens is 356 g/mol. The van der Waals surface area contributed by atoms with Crippen LogP contribution in [-0.2, 0) is 19.1 Å². The molecule has 3 rings (SSSR count). The third-order valence-corrected chi connectivity index (χ3v) is 4.81. The predicted octanol–water partition coefficient (Wildman–Crippen LogP) is 3.15. The van der Waals surface area contributed by atoms with E-state index in [0.717, 1.165) is 22.4 Å². The van der Waals surface area contributed by atoms with Crippen LogP contribution in [0, 0.1) is 26.7 Å². The molecule has 2 amide bonds. The van der Waals surface area contributed by atoms with E-state index in [4.69, 9.17) is 4.74 Å². The van der Waals surface area contributed by atoms with Crippen molar-refractivity contribution < 1.29 is 19.1 Å². The molecule has 1 atom stereocenters. The summed E-state index contributed by atoms with van der Waals surface area (Å²) in [4.78, 5) is 38.2. The molecule has 146 valence electrons. The molecule has 2 aromatic rings. The first-order valence-corrected chi connectivity index (χ1v) is 9.24. The van der Waals surface area contributed by atoms with Crippen molar-refractivity contribution >= 4 is 29.2 Å². The molecule has 28 heavy (non-hydrogen) atoms. The minimum atomic E-state index is -0.567. The third kappa shape index (κ3) is 4.57. The van der Waals surface area contributed by atoms with Gasteiger partial charge in [0.1, 0.15) is 0 Å². The van der Waals surface area contributed by atoms with E-state index >= 15 is 0 Å². The maximum Gasteiger partial charge on any atom is 0.311 e. The van der Waals surface area contributed by atoms with Crippen LogP contribution in [0.15, 0.2) is 42.5 Å². The number of nitrogens with zero attached hydrogens (tertiary/aromatic N) is 1. The van der Waals surface area contributed by atoms with Crippen molar-refractivity contribution in [1.82, 2.24) is 0 Å². The van der Waals surface area contributed by atoms with Gasteiger partial charge in [-0.05, 0) is 44.5 Å². The Labute approximate surface area is 164 Å². The van der Waals surface area contributed by atoms with E-state index < -0.39 is 17.8 Å². The normalized spacial score (nSPS) is 16.2. The van der Waals surface area contributed by atoms with Crippen molar-refractivity contribution in [2.45, 2.75) is 27.2 Å². The number of hydrogen-bond acceptors (Lipinski definition) is 4. The van der Waals surface area contributed by atoms with Crippen LogP contribution in [0.4, 0.5) is 11.4 Å². The zero-order chi connectivity index (χ0) is 20.3. The van der Waals surface area contributed by atoms with E-state index in [0.29, 0.717) is 5.69 Å². The SMILES string of the molecule is Cc1ccc(N2CC(C(=O)OCC(=O)Nc3ccc(C)cc3C)CC2=O)cc1. The molecule has 0 radical (unpaired) electrons. The first-order valence-electron chi connectivity index (χ1n) is 9.24. The number of rotatable bonds is 5. The Morgan fingerprint density at radius 1 is 1.07 bits per heavy atom. The lowest BCUT2D eigenvalue weighted by molar-refractivity contribution is -0.151. The lowest BCUT2D eigenvalue weighted by atomic mass is 10.1. The summed E-state index contributed by atoms with van der Waals surface area (Å²) in [7, 11) is 0. The van der Waals surface area contributed by atoms with Gasteiger partial charge in [-0.1, -0.05) is 35.4 Å². The molecule has 0 bridgehead atoms. The van der Waals surface area contributed by atoms with Crippen molar-refractivity contribution in [2.24, 2.45) is 5.92 Å². The van der Waals surface area contributed by atoms with Gasteiger partial charge >= 0.3 is 5.97 Å². The topological polar surface area (TPSA) is 75.7 Å². The highest BCUT2D eigenvalue weighted by atomic mass is 16.5. The van der Waals surface area contributed by atoms with Gasteiger partial charge in [0.15, 0.2) is 6.61 Å². The summed E-state index contributed by atoms with van der Waals surface area (Å²) in [5, 5.41) is 2.74. The molecule has 0 aromatic heterocycles. The number of hydrogen-bond donors (Lipinski definition) is 1. The standard InChI is InChI=1S/C22H24N2O4/c1-14-4-7-18(8-5-14)24-12-17(11-21(24)26)22(27)28-13-20(25)23-19-9-6-15(2)10-16(19)3/h4-10,17H,11-13H2,1-3H3,(H,23,25). The fourth-order valence-corrected chi connectivity index (χ4v) is 3.23. The number of benzene rings is 2. The van der Waals surface area contributed by atoms with Gasteiger partial charge < -0.3 is 15.0 Å². The summed E-state index contributed by atoms with van der Waals surface area (Å²) in [6.45, 7) is 5.74. The second-order valence-electron chi connectivity index (χ2n) is 7.22. The van der Waals surface area contributed by atoms with Crippen molar-refractivity contribution in [2.75, 3.05) is 23.4 Å². The van der Waals surface area contributed by atoms with Crippen molar-refractivity contribution in [3.8, 4) is 0 Å². The molecule has 0 spiro atoms. The Bertz CT molecular complexity index is 905. The highest BCUT2D eigenvalue weighted by Gasteiger charge is 2.36. The first-order chi connectivity index (χ1) is 13.3. The highest BCUT2D eigenvalue weighted by molar-refractivity contribution is 6.00. The second-order valence-corrected chi connectivity index (χ2v) is 7.22. The van der Waals surface area contributed by atoms with Gasteiger partial charge in [-0.2, -0.15) is 0 Å². The Morgan fingerprint density at radius 2 is 1.75 bits per heavy atom. The van der Waals surface area contributed by atoms with Crippen LogP contribution in [0.3, 0.4) is 0 Å². The smallest absolute Gasteiger partial charge is 0.311 e. The molecular formula is C22H24N2O4. The number of anilines is 2. The molecule has 1 aliphatic rings. The van der Waals surface area contributed by atoms with Crippen LogP contribution in [0.2, 0.25) is 0 Å². The summed E-state index contributed by atoms with van der Waals surface area (Å²) >= 11 is 0. The van der Waals surface area contributed by atoms with Gasteiger partial charge in [-0.3, -0.25) is 14.4 Å². The number of amides is 2. The predicted molar refractivity (Wildman–Crippen MR) is 107 cm³/mol. The highest BCUT2D eigenvalue weighted by Crippen LogP contribution is 2.26. The van der Waals surface area contributed by atoms with E-state index in [1.54, 1.807) is 4.90 Å². The number of aryl methyl sites for hydroxylation is 3. The van der Waals surface area contributed by atoms with E-state index in [2.05, 4.69) is 5.32 Å². The molecule has 1 heterocycles. The maximum atomic E-state index is 12.3. The quantitative estimate of drug-likeness (QED) is 0.809. The molecule has 1 N–H and O–H groups in total. The molecule has 1 unspecified atom stereocenters. The van der Waals surface area contributed by atoms with Crippen molar-refractivity contribution in [3.05, 3.63) is 59.2 Å². The van der Waals surface area contributed by atoms with Gasteiger partial charge in [0.2, 0.25) is 5.91 Å². The monoisotopic (exact) mass is 380 g/mol. The Morgan fingerprint density at radius 3 is 2.43 bits per heavy atom. The van der Waals surface area contributed by atoms with Crippen LogP contribution in [-0.4, -0.2) is 30.9 Å². The first kappa shape index (κ1) is 19.6. The molecule has 0 aliphatic carbocycles. The maximum absolute atomic E-state index is 12.3. The van der Waals surface area contributed by atoms with Crippen LogP contribution < -0.4 is 10.2 Å². The van der Waals surface area contributed by atoms with Crippen LogP contribution >= 0.6 is 0 Å². The molecule has 1 saturated heterocycles. The zero-order valence-corrected chi connectivity index (χ0v) is 16.3. The number of nitrogens with one attached hydrogen (secondary N) is 1. The minimum Gasteiger partial charge on any atom is -0.455 e. The summed E-state index contributed by atoms with van der Waals surface area (Å²) < 4.78 is 5.15. The van der Waals surface area contributed by atoms with Gasteiger partial charge in [0.25, 0.3) is 5.91 Å². The number of esters is 1. The number of carbonyl (C=O) groups excluding carboxylic acids is 3. The van der Waals surface area contributed by atoms with Gasteiger partial charge in [-0.15, -0.1) is 0 Å². The lowest BCUT2D eigenvalue weighted by Gasteiger charge is -2.16. The van der Waals surface area contributed by atoms with E-state index in [-0.39, 0.29) is 25.5 Å². The lowest BCUT2D eigenvalue weighted by Crippen LogP contribution is -2.28. The van der Waals surface area contributed by atoms with Gasteiger partial charge in [0.05, 0.1) is 5.92 Å². The molecule has 1 aliphatic heterocycles. The van der Waals surface area contributed by atoms with E-state index in [9.17, 15) is 14.4 Å². The Balaban J connectivity index is 1.53. The number of ether oxygens (including phenoxy) is 1. The van der Waals surface area contributed by atoms with Crippen LogP contribution in [0.25, 0.3) is 0 Å². The average molecular weight is 380 g/mol. The van der Waals surface area contributed by atoms with Gasteiger partial charge in [-0.25, -0.2) is 0 Å². The third-order valence-electron chi connectivity index (χ3n) is 4.81. The largest absolute Gasteiger partial charge is 0.455 e. The zero-order valence-electron chi connectivity index (χ0n) is 16.3. The summed E-state index contributed by atoms with van der Waals surface area (Å²) in [5.74, 6) is -1.62. The fraction of sp³-hybridized carbons (Fsp3) is 0.318. The molecule has 1 fully saturated rings. The molecule has 6 heteroatoms. The van der Waals surface area contributed by atoms with Crippen molar-refractivity contribution in [3.63, 3.8) is 0 Å².